The summed E-state index contributed by atoms with van der Waals surface area (Å²) in [7, 11) is 1.29. The van der Waals surface area contributed by atoms with Gasteiger partial charge in [-0.2, -0.15) is 0 Å². The molecule has 1 heterocycles. The van der Waals surface area contributed by atoms with Crippen LogP contribution in [0, 0.1) is 20.8 Å². The molecule has 184 valence electrons. The number of anilines is 1. The highest BCUT2D eigenvalue weighted by molar-refractivity contribution is 6.26. The Morgan fingerprint density at radius 2 is 1.64 bits per heavy atom. The lowest BCUT2D eigenvalue weighted by Gasteiger charge is -2.16. The molecule has 0 fully saturated rings. The number of carbonyl (C=O) groups excluding carboxylic acids is 3. The minimum atomic E-state index is -0.956. The van der Waals surface area contributed by atoms with E-state index in [1.54, 1.807) is 25.1 Å². The maximum Gasteiger partial charge on any atom is 0.340 e. The van der Waals surface area contributed by atoms with Crippen molar-refractivity contribution >= 4 is 29.3 Å². The number of carboxylic acid groups (broad SMARTS) is 1. The monoisotopic (exact) mass is 486 g/mol. The van der Waals surface area contributed by atoms with Crippen LogP contribution in [0.1, 0.15) is 62.4 Å². The predicted molar refractivity (Wildman–Crippen MR) is 134 cm³/mol. The maximum absolute atomic E-state index is 13.6. The molecule has 1 aliphatic carbocycles. The van der Waals surface area contributed by atoms with Gasteiger partial charge < -0.3 is 15.2 Å². The van der Waals surface area contributed by atoms with Crippen LogP contribution in [0.25, 0.3) is 22.4 Å². The van der Waals surface area contributed by atoms with Gasteiger partial charge in [0.05, 0.1) is 29.6 Å². The minimum absolute atomic E-state index is 0.0651. The van der Waals surface area contributed by atoms with Gasteiger partial charge in [0.25, 0.3) is 0 Å². The molecule has 1 aromatic heterocycles. The molecule has 0 saturated heterocycles. The van der Waals surface area contributed by atoms with E-state index in [0.29, 0.717) is 39.3 Å². The quantitative estimate of drug-likeness (QED) is 0.358. The smallest absolute Gasteiger partial charge is 0.340 e. The topological polar surface area (TPSA) is 123 Å². The Labute approximate surface area is 208 Å². The summed E-state index contributed by atoms with van der Waals surface area (Å²) >= 11 is 0. The fourth-order valence-corrected chi connectivity index (χ4v) is 4.65. The van der Waals surface area contributed by atoms with E-state index in [4.69, 9.17) is 9.84 Å². The molecule has 4 rings (SSSR count). The molecule has 0 saturated carbocycles. The fraction of sp³-hybridized carbons (Fsp3) is 0.250. The normalized spacial score (nSPS) is 11.6. The molecule has 1 aliphatic rings. The van der Waals surface area contributed by atoms with Crippen LogP contribution >= 0.6 is 0 Å². The number of hydrogen-bond donors (Lipinski definition) is 2. The highest BCUT2D eigenvalue weighted by Gasteiger charge is 2.35. The Balaban J connectivity index is 1.84. The van der Waals surface area contributed by atoms with Crippen LogP contribution < -0.4 is 5.32 Å². The van der Waals surface area contributed by atoms with Crippen LogP contribution in [0.2, 0.25) is 0 Å². The lowest BCUT2D eigenvalue weighted by molar-refractivity contribution is -0.137. The van der Waals surface area contributed by atoms with Gasteiger partial charge in [0.15, 0.2) is 5.78 Å². The van der Waals surface area contributed by atoms with E-state index >= 15 is 0 Å². The number of fused-ring (bicyclic) bond motifs is 3. The third-order valence-corrected chi connectivity index (χ3v) is 6.10. The van der Waals surface area contributed by atoms with Gasteiger partial charge in [-0.1, -0.05) is 29.3 Å². The van der Waals surface area contributed by atoms with E-state index in [1.807, 2.05) is 32.0 Å². The molecule has 1 amide bonds. The Bertz CT molecular complexity index is 1420. The number of nitrogens with one attached hydrogen (secondary N) is 1. The highest BCUT2D eigenvalue weighted by atomic mass is 16.5. The number of carbonyl (C=O) groups is 4. The van der Waals surface area contributed by atoms with Gasteiger partial charge in [0.1, 0.15) is 0 Å². The number of amides is 1. The number of pyridine rings is 1. The second-order valence-corrected chi connectivity index (χ2v) is 8.92. The molecule has 0 bridgehead atoms. The van der Waals surface area contributed by atoms with E-state index in [0.717, 1.165) is 16.7 Å². The minimum Gasteiger partial charge on any atom is -0.481 e. The zero-order valence-corrected chi connectivity index (χ0v) is 20.5. The summed E-state index contributed by atoms with van der Waals surface area (Å²) in [5.74, 6) is -2.11. The average molecular weight is 487 g/mol. The number of ether oxygens (including phenoxy) is 1. The Hall–Kier alpha value is -4.33. The average Bonchev–Trinajstić information content (AvgIpc) is 3.07. The van der Waals surface area contributed by atoms with Crippen molar-refractivity contribution in [1.82, 2.24) is 4.98 Å². The van der Waals surface area contributed by atoms with Crippen molar-refractivity contribution in [2.24, 2.45) is 0 Å². The number of esters is 1. The molecule has 0 radical (unpaired) electrons. The van der Waals surface area contributed by atoms with Crippen molar-refractivity contribution in [3.8, 4) is 22.4 Å². The Kier molecular flexibility index (Phi) is 6.70. The Morgan fingerprint density at radius 3 is 2.28 bits per heavy atom. The van der Waals surface area contributed by atoms with Gasteiger partial charge in [-0.3, -0.25) is 19.4 Å². The first-order chi connectivity index (χ1) is 17.1. The molecule has 0 aliphatic heterocycles. The van der Waals surface area contributed by atoms with E-state index in [1.165, 1.54) is 7.11 Å². The van der Waals surface area contributed by atoms with Crippen LogP contribution in [-0.2, 0) is 14.3 Å². The number of rotatable bonds is 7. The van der Waals surface area contributed by atoms with Gasteiger partial charge >= 0.3 is 11.9 Å². The number of nitrogens with zero attached hydrogens (tertiary/aromatic N) is 1. The number of aryl methyl sites for hydroxylation is 3. The summed E-state index contributed by atoms with van der Waals surface area (Å²) in [5.41, 5.74) is 6.07. The molecule has 8 nitrogen and oxygen atoms in total. The molecule has 0 spiro atoms. The first-order valence-corrected chi connectivity index (χ1v) is 11.5. The van der Waals surface area contributed by atoms with Crippen molar-refractivity contribution in [2.75, 3.05) is 12.4 Å². The fourth-order valence-electron chi connectivity index (χ4n) is 4.65. The maximum atomic E-state index is 13.6. The highest BCUT2D eigenvalue weighted by Crippen LogP contribution is 2.44. The SMILES string of the molecule is COC(=O)c1c(C)nc2c(c1-c1cc(C)cc(C)c1)C(=O)c1ccc(NC(=O)CCCC(=O)O)cc1-2. The predicted octanol–water partition coefficient (Wildman–Crippen LogP) is 4.87. The van der Waals surface area contributed by atoms with Crippen molar-refractivity contribution in [1.29, 1.82) is 0 Å². The van der Waals surface area contributed by atoms with Gasteiger partial charge in [-0.05, 0) is 51.0 Å². The lowest BCUT2D eigenvalue weighted by Crippen LogP contribution is -2.12. The number of aliphatic carboxylic acids is 1. The Morgan fingerprint density at radius 1 is 0.944 bits per heavy atom. The molecule has 2 aromatic carbocycles. The third kappa shape index (κ3) is 4.62. The summed E-state index contributed by atoms with van der Waals surface area (Å²) in [6.45, 7) is 5.60. The van der Waals surface area contributed by atoms with Crippen LogP contribution in [0.3, 0.4) is 0 Å². The first kappa shape index (κ1) is 24.8. The number of methoxy groups -OCH3 is 1. The molecule has 8 heteroatoms. The molecule has 3 aromatic rings. The van der Waals surface area contributed by atoms with E-state index < -0.39 is 11.9 Å². The summed E-state index contributed by atoms with van der Waals surface area (Å²) < 4.78 is 5.05. The summed E-state index contributed by atoms with van der Waals surface area (Å²) in [6, 6.07) is 10.8. The van der Waals surface area contributed by atoms with E-state index in [2.05, 4.69) is 10.3 Å². The molecule has 0 atom stereocenters. The van der Waals surface area contributed by atoms with Crippen molar-refractivity contribution < 1.29 is 29.0 Å². The number of benzene rings is 2. The van der Waals surface area contributed by atoms with Crippen LogP contribution in [0.5, 0.6) is 0 Å². The summed E-state index contributed by atoms with van der Waals surface area (Å²) in [5, 5.41) is 11.5. The molecular formula is C28H26N2O6. The van der Waals surface area contributed by atoms with Gasteiger partial charge in [-0.25, -0.2) is 4.79 Å². The summed E-state index contributed by atoms with van der Waals surface area (Å²) in [4.78, 5) is 54.1. The standard InChI is InChI=1S/C28H26N2O6/c1-14-10-15(2)12-17(11-14)24-23(28(35)36-4)16(3)29-26-20-13-18(8-9-19(20)27(34)25(24)26)30-21(31)6-5-7-22(32)33/h8-13H,5-7H2,1-4H3,(H,30,31)(H,32,33). The van der Waals surface area contributed by atoms with Crippen LogP contribution in [0.4, 0.5) is 5.69 Å². The lowest BCUT2D eigenvalue weighted by atomic mass is 9.90. The van der Waals surface area contributed by atoms with Gasteiger partial charge in [0.2, 0.25) is 5.91 Å². The zero-order valence-electron chi connectivity index (χ0n) is 20.5. The second kappa shape index (κ2) is 9.73. The molecule has 0 unspecified atom stereocenters. The summed E-state index contributed by atoms with van der Waals surface area (Å²) in [6.07, 6.45) is 0.200. The number of ketones is 1. The second-order valence-electron chi connectivity index (χ2n) is 8.92. The first-order valence-electron chi connectivity index (χ1n) is 11.5. The molecular weight excluding hydrogens is 460 g/mol. The van der Waals surface area contributed by atoms with E-state index in [9.17, 15) is 19.2 Å². The van der Waals surface area contributed by atoms with Crippen molar-refractivity contribution in [3.05, 3.63) is 69.9 Å². The van der Waals surface area contributed by atoms with Gasteiger partial charge in [-0.15, -0.1) is 0 Å². The zero-order chi connectivity index (χ0) is 26.1. The number of hydrogen-bond acceptors (Lipinski definition) is 6. The van der Waals surface area contributed by atoms with Crippen molar-refractivity contribution in [3.63, 3.8) is 0 Å². The number of carboxylic acids is 1. The third-order valence-electron chi connectivity index (χ3n) is 6.10. The molecule has 2 N–H and O–H groups in total. The van der Waals surface area contributed by atoms with Crippen molar-refractivity contribution in [2.45, 2.75) is 40.0 Å². The van der Waals surface area contributed by atoms with Gasteiger partial charge in [0, 0.05) is 35.2 Å². The van der Waals surface area contributed by atoms with E-state index in [-0.39, 0.29) is 36.5 Å². The molecule has 36 heavy (non-hydrogen) atoms. The number of aromatic nitrogens is 1. The largest absolute Gasteiger partial charge is 0.481 e. The van der Waals surface area contributed by atoms with Crippen LogP contribution in [0.15, 0.2) is 36.4 Å². The van der Waals surface area contributed by atoms with Crippen LogP contribution in [-0.4, -0.2) is 40.8 Å².